The summed E-state index contributed by atoms with van der Waals surface area (Å²) in [6.45, 7) is 0.843. The first kappa shape index (κ1) is 15.1. The quantitative estimate of drug-likeness (QED) is 0.886. The van der Waals surface area contributed by atoms with Crippen LogP contribution in [-0.4, -0.2) is 16.2 Å². The van der Waals surface area contributed by atoms with E-state index in [0.717, 1.165) is 15.8 Å². The van der Waals surface area contributed by atoms with Gasteiger partial charge in [0.1, 0.15) is 0 Å². The predicted molar refractivity (Wildman–Crippen MR) is 81.4 cm³/mol. The smallest absolute Gasteiger partial charge is 0.330 e. The summed E-state index contributed by atoms with van der Waals surface area (Å²) < 4.78 is 7.66. The topological polar surface area (TPSA) is 65.3 Å². The third-order valence-electron chi connectivity index (χ3n) is 3.30. The van der Waals surface area contributed by atoms with E-state index in [1.165, 1.54) is 11.6 Å². The number of ether oxygens (including phenoxy) is 1. The maximum atomic E-state index is 12.1. The van der Waals surface area contributed by atoms with Crippen LogP contribution >= 0.6 is 0 Å². The predicted octanol–water partition coefficient (Wildman–Crippen LogP) is 0.843. The van der Waals surface area contributed by atoms with Crippen molar-refractivity contribution in [3.8, 4) is 0 Å². The average Bonchev–Trinajstić information content (AvgIpc) is 2.49. The highest BCUT2D eigenvalue weighted by Crippen LogP contribution is 2.16. The maximum absolute atomic E-state index is 12.1. The maximum Gasteiger partial charge on any atom is 0.330 e. The van der Waals surface area contributed by atoms with Crippen molar-refractivity contribution >= 4 is 5.69 Å². The Morgan fingerprint density at radius 2 is 1.86 bits per heavy atom. The Kier molecular flexibility index (Phi) is 4.59. The monoisotopic (exact) mass is 289 g/mol. The molecule has 21 heavy (non-hydrogen) atoms. The van der Waals surface area contributed by atoms with Crippen molar-refractivity contribution in [2.75, 3.05) is 12.4 Å². The second-order valence-corrected chi connectivity index (χ2v) is 4.86. The highest BCUT2D eigenvalue weighted by atomic mass is 16.5. The summed E-state index contributed by atoms with van der Waals surface area (Å²) in [7, 11) is 4.75. The summed E-state index contributed by atoms with van der Waals surface area (Å²) in [6.07, 6.45) is 1.57. The van der Waals surface area contributed by atoms with E-state index in [1.54, 1.807) is 20.4 Å². The summed E-state index contributed by atoms with van der Waals surface area (Å²) in [4.78, 5) is 23.7. The second-order valence-electron chi connectivity index (χ2n) is 4.86. The largest absolute Gasteiger partial charge is 0.380 e. The molecule has 1 aromatic heterocycles. The molecule has 6 nitrogen and oxygen atoms in total. The average molecular weight is 289 g/mol. The molecule has 0 unspecified atom stereocenters. The second kappa shape index (κ2) is 6.41. The van der Waals surface area contributed by atoms with Crippen LogP contribution in [0.2, 0.25) is 0 Å². The number of rotatable bonds is 5. The normalized spacial score (nSPS) is 10.6. The van der Waals surface area contributed by atoms with Crippen LogP contribution in [0.5, 0.6) is 0 Å². The number of aromatic nitrogens is 2. The number of nitrogens with zero attached hydrogens (tertiary/aromatic N) is 2. The number of hydrogen-bond donors (Lipinski definition) is 1. The van der Waals surface area contributed by atoms with Crippen LogP contribution in [0, 0.1) is 0 Å². The van der Waals surface area contributed by atoms with Crippen molar-refractivity contribution in [3.63, 3.8) is 0 Å². The number of benzene rings is 1. The van der Waals surface area contributed by atoms with E-state index in [4.69, 9.17) is 4.74 Å². The van der Waals surface area contributed by atoms with Crippen molar-refractivity contribution in [3.05, 3.63) is 62.4 Å². The molecule has 112 valence electrons. The molecule has 0 aliphatic heterocycles. The standard InChI is InChI=1S/C15H19N3O3/c1-17-9-12(14(19)18(2)15(17)20)8-16-13-7-5-4-6-11(13)10-21-3/h4-7,9,16H,8,10H2,1-3H3. The van der Waals surface area contributed by atoms with Crippen molar-refractivity contribution in [2.45, 2.75) is 13.2 Å². The van der Waals surface area contributed by atoms with Gasteiger partial charge >= 0.3 is 5.69 Å². The molecule has 0 amide bonds. The molecule has 0 aliphatic carbocycles. The Morgan fingerprint density at radius 1 is 1.14 bits per heavy atom. The van der Waals surface area contributed by atoms with E-state index >= 15 is 0 Å². The number of hydrogen-bond acceptors (Lipinski definition) is 4. The SMILES string of the molecule is COCc1ccccc1NCc1cn(C)c(=O)n(C)c1=O. The fraction of sp³-hybridized carbons (Fsp3) is 0.333. The van der Waals surface area contributed by atoms with E-state index in [1.807, 2.05) is 24.3 Å². The number of nitrogens with one attached hydrogen (secondary N) is 1. The summed E-state index contributed by atoms with van der Waals surface area (Å²) in [5.74, 6) is 0. The molecule has 0 aliphatic rings. The molecule has 0 fully saturated rings. The minimum absolute atomic E-state index is 0.283. The molecule has 6 heteroatoms. The van der Waals surface area contributed by atoms with Gasteiger partial charge in [0.15, 0.2) is 0 Å². The lowest BCUT2D eigenvalue weighted by atomic mass is 10.2. The minimum atomic E-state index is -0.330. The number of anilines is 1. The van der Waals surface area contributed by atoms with Gasteiger partial charge in [-0.1, -0.05) is 18.2 Å². The Hall–Kier alpha value is -2.34. The van der Waals surface area contributed by atoms with Gasteiger partial charge in [-0.3, -0.25) is 9.36 Å². The van der Waals surface area contributed by atoms with Gasteiger partial charge < -0.3 is 14.6 Å². The molecule has 0 radical (unpaired) electrons. The number of methoxy groups -OCH3 is 1. The van der Waals surface area contributed by atoms with Crippen molar-refractivity contribution < 1.29 is 4.74 Å². The molecule has 0 atom stereocenters. The first-order valence-electron chi connectivity index (χ1n) is 6.61. The van der Waals surface area contributed by atoms with E-state index in [2.05, 4.69) is 5.32 Å². The highest BCUT2D eigenvalue weighted by molar-refractivity contribution is 5.51. The molecule has 0 saturated carbocycles. The zero-order chi connectivity index (χ0) is 15.4. The van der Waals surface area contributed by atoms with E-state index in [9.17, 15) is 9.59 Å². The van der Waals surface area contributed by atoms with Crippen LogP contribution in [0.1, 0.15) is 11.1 Å². The Balaban J connectivity index is 2.25. The molecule has 1 aromatic carbocycles. The Bertz CT molecular complexity index is 747. The highest BCUT2D eigenvalue weighted by Gasteiger charge is 2.07. The zero-order valence-corrected chi connectivity index (χ0v) is 12.4. The lowest BCUT2D eigenvalue weighted by Crippen LogP contribution is -2.38. The third-order valence-corrected chi connectivity index (χ3v) is 3.30. The fourth-order valence-corrected chi connectivity index (χ4v) is 2.17. The van der Waals surface area contributed by atoms with Gasteiger partial charge in [0.25, 0.3) is 5.56 Å². The molecule has 2 aromatic rings. The first-order valence-corrected chi connectivity index (χ1v) is 6.61. The van der Waals surface area contributed by atoms with Crippen LogP contribution < -0.4 is 16.6 Å². The van der Waals surface area contributed by atoms with Gasteiger partial charge in [0.05, 0.1) is 12.2 Å². The number of aryl methyl sites for hydroxylation is 1. The molecular formula is C15H19N3O3. The first-order chi connectivity index (χ1) is 10.0. The summed E-state index contributed by atoms with van der Waals surface area (Å²) >= 11 is 0. The summed E-state index contributed by atoms with van der Waals surface area (Å²) in [5, 5.41) is 3.22. The molecule has 0 spiro atoms. The zero-order valence-electron chi connectivity index (χ0n) is 12.4. The third kappa shape index (κ3) is 3.22. The number of para-hydroxylation sites is 1. The molecule has 1 N–H and O–H groups in total. The van der Waals surface area contributed by atoms with Gasteiger partial charge in [0.2, 0.25) is 0 Å². The van der Waals surface area contributed by atoms with E-state index in [-0.39, 0.29) is 11.2 Å². The van der Waals surface area contributed by atoms with Crippen LogP contribution in [0.15, 0.2) is 40.1 Å². The van der Waals surface area contributed by atoms with Crippen molar-refractivity contribution in [2.24, 2.45) is 14.1 Å². The van der Waals surface area contributed by atoms with Gasteiger partial charge in [-0.15, -0.1) is 0 Å². The lowest BCUT2D eigenvalue weighted by molar-refractivity contribution is 0.185. The van der Waals surface area contributed by atoms with Crippen molar-refractivity contribution in [1.82, 2.24) is 9.13 Å². The lowest BCUT2D eigenvalue weighted by Gasteiger charge is -2.12. The van der Waals surface area contributed by atoms with Gasteiger partial charge in [0, 0.05) is 45.2 Å². The molecule has 0 saturated heterocycles. The summed E-state index contributed by atoms with van der Waals surface area (Å²) in [5.41, 5.74) is 1.85. The van der Waals surface area contributed by atoms with Crippen LogP contribution in [0.4, 0.5) is 5.69 Å². The van der Waals surface area contributed by atoms with Crippen LogP contribution in [0.3, 0.4) is 0 Å². The fourth-order valence-electron chi connectivity index (χ4n) is 2.17. The summed E-state index contributed by atoms with van der Waals surface area (Å²) in [6, 6.07) is 7.75. The van der Waals surface area contributed by atoms with Crippen LogP contribution in [0.25, 0.3) is 0 Å². The Labute approximate surface area is 122 Å². The van der Waals surface area contributed by atoms with Gasteiger partial charge in [-0.05, 0) is 6.07 Å². The van der Waals surface area contributed by atoms with E-state index in [0.29, 0.717) is 18.7 Å². The molecule has 1 heterocycles. The molecule has 0 bridgehead atoms. The molecule has 2 rings (SSSR count). The van der Waals surface area contributed by atoms with Crippen molar-refractivity contribution in [1.29, 1.82) is 0 Å². The molecular weight excluding hydrogens is 270 g/mol. The Morgan fingerprint density at radius 3 is 2.57 bits per heavy atom. The van der Waals surface area contributed by atoms with Crippen LogP contribution in [-0.2, 0) is 32.0 Å². The van der Waals surface area contributed by atoms with Gasteiger partial charge in [-0.25, -0.2) is 4.79 Å². The van der Waals surface area contributed by atoms with Gasteiger partial charge in [-0.2, -0.15) is 0 Å². The van der Waals surface area contributed by atoms with E-state index < -0.39 is 0 Å². The minimum Gasteiger partial charge on any atom is -0.380 e.